The Morgan fingerprint density at radius 3 is 2.54 bits per heavy atom. The zero-order valence-corrected chi connectivity index (χ0v) is 13.9. The van der Waals surface area contributed by atoms with Crippen LogP contribution in [0.4, 0.5) is 0 Å². The van der Waals surface area contributed by atoms with Gasteiger partial charge in [0.1, 0.15) is 11.2 Å². The third-order valence-electron chi connectivity index (χ3n) is 4.24. The number of methoxy groups -OCH3 is 2. The van der Waals surface area contributed by atoms with Crippen LogP contribution >= 0.6 is 0 Å². The van der Waals surface area contributed by atoms with Crippen molar-refractivity contribution < 1.29 is 33.7 Å². The molecule has 7 heteroatoms. The van der Waals surface area contributed by atoms with Crippen LogP contribution in [0.15, 0.2) is 12.1 Å². The van der Waals surface area contributed by atoms with Crippen molar-refractivity contribution in [3.05, 3.63) is 23.3 Å². The summed E-state index contributed by atoms with van der Waals surface area (Å²) in [5, 5.41) is 9.66. The Morgan fingerprint density at radius 1 is 1.29 bits per heavy atom. The summed E-state index contributed by atoms with van der Waals surface area (Å²) >= 11 is 0. The number of ketones is 1. The quantitative estimate of drug-likeness (QED) is 0.591. The molecular formula is C17H20O7. The Labute approximate surface area is 139 Å². The fourth-order valence-corrected chi connectivity index (χ4v) is 3.00. The molecule has 0 amide bonds. The second kappa shape index (κ2) is 7.00. The maximum absolute atomic E-state index is 12.7. The highest BCUT2D eigenvalue weighted by molar-refractivity contribution is 5.96. The maximum Gasteiger partial charge on any atom is 0.322 e. The minimum Gasteiger partial charge on any atom is -0.493 e. The lowest BCUT2D eigenvalue weighted by atomic mass is 9.73. The number of benzene rings is 1. The van der Waals surface area contributed by atoms with Crippen molar-refractivity contribution in [2.24, 2.45) is 0 Å². The molecule has 1 atom stereocenters. The summed E-state index contributed by atoms with van der Waals surface area (Å²) in [6.45, 7) is 1.07. The molecule has 0 radical (unpaired) electrons. The lowest BCUT2D eigenvalue weighted by molar-refractivity contribution is -0.149. The van der Waals surface area contributed by atoms with Crippen LogP contribution in [0.2, 0.25) is 0 Å². The highest BCUT2D eigenvalue weighted by Crippen LogP contribution is 2.51. The van der Waals surface area contributed by atoms with Crippen LogP contribution in [0.5, 0.6) is 11.5 Å². The smallest absolute Gasteiger partial charge is 0.322 e. The van der Waals surface area contributed by atoms with Crippen LogP contribution in [-0.2, 0) is 31.1 Å². The maximum atomic E-state index is 12.7. The average Bonchev–Trinajstić information content (AvgIpc) is 2.85. The predicted molar refractivity (Wildman–Crippen MR) is 82.8 cm³/mol. The van der Waals surface area contributed by atoms with Gasteiger partial charge in [0.25, 0.3) is 0 Å². The van der Waals surface area contributed by atoms with E-state index in [0.29, 0.717) is 16.9 Å². The third kappa shape index (κ3) is 2.99. The van der Waals surface area contributed by atoms with Crippen molar-refractivity contribution in [2.45, 2.75) is 38.2 Å². The molecular weight excluding hydrogens is 316 g/mol. The normalized spacial score (nSPS) is 18.8. The van der Waals surface area contributed by atoms with Gasteiger partial charge < -0.3 is 24.1 Å². The topological polar surface area (TPSA) is 99.1 Å². The second-order valence-corrected chi connectivity index (χ2v) is 5.72. The van der Waals surface area contributed by atoms with Gasteiger partial charge in [0, 0.05) is 12.0 Å². The summed E-state index contributed by atoms with van der Waals surface area (Å²) in [4.78, 5) is 36.0. The fraction of sp³-hybridized carbons (Fsp3) is 0.471. The highest BCUT2D eigenvalue weighted by atomic mass is 16.6. The van der Waals surface area contributed by atoms with E-state index in [2.05, 4.69) is 0 Å². The molecule has 0 bridgehead atoms. The summed E-state index contributed by atoms with van der Waals surface area (Å²) in [6, 6.07) is 3.19. The van der Waals surface area contributed by atoms with Crippen LogP contribution < -0.4 is 9.47 Å². The van der Waals surface area contributed by atoms with E-state index in [1.165, 1.54) is 21.1 Å². The standard InChI is InChI=1S/C17H20O7/c1-10(19)6-7-17(8-13(20)23-3)14-11(9-18)4-5-12(22-2)15(14)24-16(17)21/h4-5,18H,6-9H2,1-3H3. The van der Waals surface area contributed by atoms with Crippen LogP contribution in [0.3, 0.4) is 0 Å². The largest absolute Gasteiger partial charge is 0.493 e. The van der Waals surface area contributed by atoms with E-state index >= 15 is 0 Å². The molecule has 0 saturated heterocycles. The first-order valence-corrected chi connectivity index (χ1v) is 7.49. The summed E-state index contributed by atoms with van der Waals surface area (Å²) < 4.78 is 15.3. The Kier molecular flexibility index (Phi) is 5.23. The van der Waals surface area contributed by atoms with Gasteiger partial charge in [-0.25, -0.2) is 0 Å². The van der Waals surface area contributed by atoms with Gasteiger partial charge in [-0.15, -0.1) is 0 Å². The van der Waals surface area contributed by atoms with Gasteiger partial charge in [-0.1, -0.05) is 6.07 Å². The number of hydrogen-bond donors (Lipinski definition) is 1. The second-order valence-electron chi connectivity index (χ2n) is 5.72. The number of hydrogen-bond acceptors (Lipinski definition) is 7. The number of carbonyl (C=O) groups excluding carboxylic acids is 3. The highest BCUT2D eigenvalue weighted by Gasteiger charge is 2.53. The zero-order valence-electron chi connectivity index (χ0n) is 13.9. The van der Waals surface area contributed by atoms with Crippen LogP contribution in [0.25, 0.3) is 0 Å². The van der Waals surface area contributed by atoms with Crippen molar-refractivity contribution >= 4 is 17.7 Å². The van der Waals surface area contributed by atoms with E-state index in [0.717, 1.165) is 0 Å². The molecule has 130 valence electrons. The number of esters is 2. The van der Waals surface area contributed by atoms with Crippen molar-refractivity contribution in [3.8, 4) is 11.5 Å². The molecule has 1 N–H and O–H groups in total. The summed E-state index contributed by atoms with van der Waals surface area (Å²) in [6.07, 6.45) is -0.0974. The third-order valence-corrected chi connectivity index (χ3v) is 4.24. The number of rotatable bonds is 7. The summed E-state index contributed by atoms with van der Waals surface area (Å²) in [5.41, 5.74) is -0.536. The summed E-state index contributed by atoms with van der Waals surface area (Å²) in [7, 11) is 2.65. The SMILES string of the molecule is COC(=O)CC1(CCC(C)=O)C(=O)Oc2c(OC)ccc(CO)c21. The molecule has 0 aliphatic carbocycles. The van der Waals surface area contributed by atoms with Crippen molar-refractivity contribution in [3.63, 3.8) is 0 Å². The summed E-state index contributed by atoms with van der Waals surface area (Å²) in [5.74, 6) is -0.862. The van der Waals surface area contributed by atoms with Gasteiger partial charge in [0.05, 0.1) is 27.2 Å². The zero-order chi connectivity index (χ0) is 17.9. The molecule has 1 unspecified atom stereocenters. The van der Waals surface area contributed by atoms with E-state index in [4.69, 9.17) is 14.2 Å². The number of aliphatic hydroxyl groups is 1. The van der Waals surface area contributed by atoms with Crippen molar-refractivity contribution in [1.82, 2.24) is 0 Å². The molecule has 0 spiro atoms. The van der Waals surface area contributed by atoms with E-state index in [1.807, 2.05) is 0 Å². The van der Waals surface area contributed by atoms with Crippen LogP contribution in [-0.4, -0.2) is 37.0 Å². The lowest BCUT2D eigenvalue weighted by Gasteiger charge is -2.26. The van der Waals surface area contributed by atoms with Gasteiger partial charge >= 0.3 is 11.9 Å². The molecule has 2 rings (SSSR count). The molecule has 7 nitrogen and oxygen atoms in total. The molecule has 1 aromatic carbocycles. The Balaban J connectivity index is 2.65. The molecule has 24 heavy (non-hydrogen) atoms. The Morgan fingerprint density at radius 2 is 2.00 bits per heavy atom. The lowest BCUT2D eigenvalue weighted by Crippen LogP contribution is -2.37. The Bertz CT molecular complexity index is 680. The van der Waals surface area contributed by atoms with Gasteiger partial charge in [-0.3, -0.25) is 9.59 Å². The first-order chi connectivity index (χ1) is 11.4. The fourth-order valence-electron chi connectivity index (χ4n) is 3.00. The molecule has 0 aromatic heterocycles. The van der Waals surface area contributed by atoms with Crippen LogP contribution in [0, 0.1) is 0 Å². The van der Waals surface area contributed by atoms with Gasteiger partial charge in [0.2, 0.25) is 0 Å². The number of ether oxygens (including phenoxy) is 3. The molecule has 1 aromatic rings. The van der Waals surface area contributed by atoms with Crippen molar-refractivity contribution in [2.75, 3.05) is 14.2 Å². The number of aliphatic hydroxyl groups excluding tert-OH is 1. The number of fused-ring (bicyclic) bond motifs is 1. The van der Waals surface area contributed by atoms with Crippen molar-refractivity contribution in [1.29, 1.82) is 0 Å². The molecule has 1 aliphatic heterocycles. The molecule has 1 heterocycles. The predicted octanol–water partition coefficient (Wildman–Crippen LogP) is 1.28. The number of carbonyl (C=O) groups is 3. The van der Waals surface area contributed by atoms with Gasteiger partial charge in [0.15, 0.2) is 11.5 Å². The number of Topliss-reactive ketones (excluding diaryl/α,β-unsaturated/α-hetero) is 1. The first-order valence-electron chi connectivity index (χ1n) is 7.49. The minimum atomic E-state index is -1.37. The molecule has 1 aliphatic rings. The van der Waals surface area contributed by atoms with Crippen LogP contribution in [0.1, 0.15) is 37.3 Å². The Hall–Kier alpha value is -2.41. The van der Waals surface area contributed by atoms with E-state index in [1.54, 1.807) is 12.1 Å². The first kappa shape index (κ1) is 17.9. The van der Waals surface area contributed by atoms with E-state index in [-0.39, 0.29) is 37.4 Å². The van der Waals surface area contributed by atoms with Gasteiger partial charge in [-0.05, 0) is 25.0 Å². The molecule has 0 saturated carbocycles. The monoisotopic (exact) mass is 336 g/mol. The van der Waals surface area contributed by atoms with E-state index < -0.39 is 17.4 Å². The molecule has 0 fully saturated rings. The van der Waals surface area contributed by atoms with E-state index in [9.17, 15) is 19.5 Å². The average molecular weight is 336 g/mol. The van der Waals surface area contributed by atoms with Gasteiger partial charge in [-0.2, -0.15) is 0 Å². The minimum absolute atomic E-state index is 0.0867.